The van der Waals surface area contributed by atoms with Crippen LogP contribution in [-0.4, -0.2) is 63.4 Å². The minimum absolute atomic E-state index is 0.552. The summed E-state index contributed by atoms with van der Waals surface area (Å²) < 4.78 is 12.0. The van der Waals surface area contributed by atoms with Crippen LogP contribution in [0.1, 0.15) is 283 Å². The first-order valence-electron chi connectivity index (χ1n) is 51.4. The molecular weight excluding hydrogens is 1740 g/mol. The van der Waals surface area contributed by atoms with Gasteiger partial charge in [0.1, 0.15) is 59.6 Å². The van der Waals surface area contributed by atoms with Gasteiger partial charge in [0.15, 0.2) is 0 Å². The zero-order valence-corrected chi connectivity index (χ0v) is 95.3. The standard InChI is InChI=1S/C43H53NSi2.C42H52N2Si2.C40H50O2Si2/c1-28(2)45(29(3)4,30(5)6)22-19-37-39-24-34-16-13-14-17-35(34)25-40(39)38(20-23-46(31(7)8,32(9)10)33(11)12)42-27-43-36(26-41(37)42)18-15-21-44-43;1-27(2)45(28(3)4,29(5)6)21-17-35-37-23-33-15-13-20-44-42(33)26-40(37)36(18-22-46(30(7)8,31(9)10)32(11)12)38-24-34-16-14-19-43-41(34)25-39(35)38;1-25(2)43(26(3)4,27(5)6)19-15-33-35-21-31-13-17-42-40(31)24-38(35)34(16-20-44(28(7)8,29(9)10)30(11)12)36-22-32-14-18-41-39(32)23-37(33)36/h13-18,21,24-33H,1-12H3;13-16,19-20,23-32H,1-12H3;13-14,17-18,21-30H,1-12H3. The largest absolute Gasteiger partial charge is 0.464 e. The molecular formula is C125H155N3O2Si6. The molecule has 11 heteroatoms. The topological polar surface area (TPSA) is 65.0 Å². The molecule has 0 fully saturated rings. The van der Waals surface area contributed by atoms with Crippen molar-refractivity contribution >= 4 is 178 Å². The predicted octanol–water partition coefficient (Wildman–Crippen LogP) is 37.7. The Bertz CT molecular complexity index is 6300. The SMILES string of the molecule is CC(C)[Si](C#Cc1c2cc3ccccc3cc2c(C#C[Si](C(C)C)(C(C)C)C(C)C)c2cc3ncccc3cc12)(C(C)C)C(C)C.CC(C)[Si](C#Cc1c2cc3cccnc3cc2c(C#C[Si](C(C)C)(C(C)C)C(C)C)c2cc3cccnc3cc12)(C(C)C)C(C)C.CC(C)[Si](C#Cc1c2cc3ccoc3cc2c(C#C[Si](C(C)C)(C(C)C)C(C)C)c2cc3ccoc3cc12)(C(C)C)C(C)C. The third-order valence-corrected chi connectivity index (χ3v) is 70.9. The zero-order valence-electron chi connectivity index (χ0n) is 89.3. The van der Waals surface area contributed by atoms with Gasteiger partial charge in [0.05, 0.1) is 29.1 Å². The van der Waals surface area contributed by atoms with Gasteiger partial charge in [0, 0.05) is 117 Å². The molecule has 5 aromatic heterocycles. The van der Waals surface area contributed by atoms with Crippen LogP contribution in [0.3, 0.4) is 0 Å². The van der Waals surface area contributed by atoms with Crippen molar-refractivity contribution in [2.45, 2.75) is 349 Å². The van der Waals surface area contributed by atoms with Crippen molar-refractivity contribution in [2.24, 2.45) is 0 Å². The second-order valence-corrected chi connectivity index (χ2v) is 78.9. The molecule has 0 saturated carbocycles. The first-order valence-corrected chi connectivity index (χ1v) is 64.8. The highest BCUT2D eigenvalue weighted by Gasteiger charge is 2.48. The maximum atomic E-state index is 5.98. The van der Waals surface area contributed by atoms with Gasteiger partial charge in [0.25, 0.3) is 0 Å². The second kappa shape index (κ2) is 41.2. The molecule has 0 aliphatic heterocycles. The van der Waals surface area contributed by atoms with E-state index in [4.69, 9.17) is 23.8 Å². The smallest absolute Gasteiger partial charge is 0.146 e. The van der Waals surface area contributed by atoms with Crippen molar-refractivity contribution in [3.63, 3.8) is 0 Å². The molecule has 10 aromatic carbocycles. The summed E-state index contributed by atoms with van der Waals surface area (Å²) in [6.07, 6.45) is 9.26. The third kappa shape index (κ3) is 18.5. The van der Waals surface area contributed by atoms with Crippen molar-refractivity contribution in [2.75, 3.05) is 0 Å². The molecule has 5 heterocycles. The highest BCUT2D eigenvalue weighted by molar-refractivity contribution is 6.93. The van der Waals surface area contributed by atoms with Gasteiger partial charge in [0.2, 0.25) is 0 Å². The van der Waals surface area contributed by atoms with Gasteiger partial charge in [-0.2, -0.15) is 0 Å². The van der Waals surface area contributed by atoms with E-state index in [1.54, 1.807) is 12.5 Å². The Labute approximate surface area is 823 Å². The first-order chi connectivity index (χ1) is 64.2. The summed E-state index contributed by atoms with van der Waals surface area (Å²) in [6, 6.07) is 53.0. The number of nitrogens with zero attached hydrogens (tertiary/aromatic N) is 3. The molecule has 0 amide bonds. The minimum atomic E-state index is -2.00. The summed E-state index contributed by atoms with van der Waals surface area (Å²) in [5.74, 6) is 23.5. The van der Waals surface area contributed by atoms with Crippen LogP contribution in [0.4, 0.5) is 0 Å². The van der Waals surface area contributed by atoms with E-state index in [0.717, 1.165) is 120 Å². The number of pyridine rings is 3. The minimum Gasteiger partial charge on any atom is -0.464 e. The van der Waals surface area contributed by atoms with Crippen molar-refractivity contribution in [1.82, 2.24) is 15.0 Å². The lowest BCUT2D eigenvalue weighted by Gasteiger charge is -2.38. The number of aromatic nitrogens is 3. The van der Waals surface area contributed by atoms with Crippen molar-refractivity contribution in [1.29, 1.82) is 0 Å². The van der Waals surface area contributed by atoms with Gasteiger partial charge in [-0.25, -0.2) is 0 Å². The lowest BCUT2D eigenvalue weighted by molar-refractivity contribution is 0.616. The van der Waals surface area contributed by atoms with E-state index in [1.807, 2.05) is 36.8 Å². The summed E-state index contributed by atoms with van der Waals surface area (Å²) >= 11 is 0. The number of fused-ring (bicyclic) bond motifs is 12. The molecule has 0 aliphatic rings. The lowest BCUT2D eigenvalue weighted by Crippen LogP contribution is -2.43. The maximum absolute atomic E-state index is 5.98. The molecule has 0 spiro atoms. The summed E-state index contributed by atoms with van der Waals surface area (Å²) in [5, 5.41) is 22.1. The average molecular weight is 1900 g/mol. The van der Waals surface area contributed by atoms with Gasteiger partial charge in [-0.15, -0.1) is 33.3 Å². The molecule has 0 saturated heterocycles. The van der Waals surface area contributed by atoms with Crippen LogP contribution in [0.5, 0.6) is 0 Å². The number of rotatable bonds is 18. The van der Waals surface area contributed by atoms with Crippen LogP contribution < -0.4 is 0 Å². The number of furan rings is 2. The molecule has 136 heavy (non-hydrogen) atoms. The summed E-state index contributed by atoms with van der Waals surface area (Å²) in [4.78, 5) is 14.4. The van der Waals surface area contributed by atoms with Crippen LogP contribution in [0.25, 0.3) is 130 Å². The molecule has 15 rings (SSSR count). The molecule has 15 aromatic rings. The quantitative estimate of drug-likeness (QED) is 0.0487. The Morgan fingerprint density at radius 1 is 0.184 bits per heavy atom. The van der Waals surface area contributed by atoms with E-state index >= 15 is 0 Å². The number of benzene rings is 10. The normalized spacial score (nSPS) is 12.8. The van der Waals surface area contributed by atoms with Crippen LogP contribution in [-0.2, 0) is 0 Å². The third-order valence-electron chi connectivity index (χ3n) is 33.2. The van der Waals surface area contributed by atoms with Crippen LogP contribution >= 0.6 is 0 Å². The Morgan fingerprint density at radius 2 is 0.346 bits per heavy atom. The van der Waals surface area contributed by atoms with Crippen LogP contribution in [0.2, 0.25) is 99.7 Å². The fourth-order valence-corrected chi connectivity index (χ4v) is 57.6. The Balaban J connectivity index is 0.000000173. The fourth-order valence-electron chi connectivity index (χ4n) is 26.4. The Hall–Kier alpha value is -10.0. The second-order valence-electron chi connectivity index (χ2n) is 45.4. The maximum Gasteiger partial charge on any atom is 0.146 e. The average Bonchev–Trinajstić information content (AvgIpc) is 0.997. The number of hydrogen-bond acceptors (Lipinski definition) is 5. The molecule has 0 atom stereocenters. The summed E-state index contributed by atoms with van der Waals surface area (Å²) in [6.45, 7) is 86.0. The van der Waals surface area contributed by atoms with Gasteiger partial charge >= 0.3 is 0 Å². The van der Waals surface area contributed by atoms with E-state index in [0.29, 0.717) is 99.7 Å². The summed E-state index contributed by atoms with van der Waals surface area (Å²) in [7, 11) is -11.9. The van der Waals surface area contributed by atoms with Gasteiger partial charge in [-0.1, -0.05) is 327 Å². The highest BCUT2D eigenvalue weighted by Crippen LogP contribution is 2.51. The van der Waals surface area contributed by atoms with Gasteiger partial charge < -0.3 is 8.83 Å². The molecule has 0 unspecified atom stereocenters. The molecule has 706 valence electrons. The van der Waals surface area contributed by atoms with Crippen LogP contribution in [0.15, 0.2) is 186 Å². The number of hydrogen-bond donors (Lipinski definition) is 0. The highest BCUT2D eigenvalue weighted by atomic mass is 28.3. The zero-order chi connectivity index (χ0) is 99.2. The van der Waals surface area contributed by atoms with Crippen molar-refractivity contribution in [3.8, 4) is 68.8 Å². The van der Waals surface area contributed by atoms with E-state index in [-0.39, 0.29) is 0 Å². The van der Waals surface area contributed by atoms with E-state index in [2.05, 4.69) is 445 Å². The van der Waals surface area contributed by atoms with E-state index in [9.17, 15) is 0 Å². The molecule has 0 N–H and O–H groups in total. The molecule has 0 aliphatic carbocycles. The van der Waals surface area contributed by atoms with Crippen LogP contribution in [0, 0.1) is 68.8 Å². The first kappa shape index (κ1) is 103. The molecule has 5 nitrogen and oxygen atoms in total. The Morgan fingerprint density at radius 3 is 0.537 bits per heavy atom. The van der Waals surface area contributed by atoms with E-state index < -0.39 is 48.4 Å². The van der Waals surface area contributed by atoms with E-state index in [1.165, 1.54) is 43.1 Å². The fraction of sp³-hybridized carbons (Fsp3) is 0.432. The van der Waals surface area contributed by atoms with Gasteiger partial charge in [-0.3, -0.25) is 15.0 Å². The monoisotopic (exact) mass is 1900 g/mol. The van der Waals surface area contributed by atoms with Crippen molar-refractivity contribution < 1.29 is 8.83 Å². The predicted molar refractivity (Wildman–Crippen MR) is 615 cm³/mol. The van der Waals surface area contributed by atoms with Gasteiger partial charge in [-0.05, 0) is 241 Å². The summed E-state index contributed by atoms with van der Waals surface area (Å²) in [5.41, 5.74) is 45.8. The Kier molecular flexibility index (Phi) is 31.3. The van der Waals surface area contributed by atoms with Crippen molar-refractivity contribution in [3.05, 3.63) is 210 Å². The molecule has 0 bridgehead atoms. The molecule has 0 radical (unpaired) electrons. The lowest BCUT2D eigenvalue weighted by atomic mass is 9.89.